The van der Waals surface area contributed by atoms with E-state index in [1.165, 1.54) is 32.1 Å². The number of nitrogens with zero attached hydrogens (tertiary/aromatic N) is 1. The van der Waals surface area contributed by atoms with Gasteiger partial charge in [0, 0.05) is 11.5 Å². The van der Waals surface area contributed by atoms with E-state index in [4.69, 9.17) is 11.0 Å². The fourth-order valence-corrected chi connectivity index (χ4v) is 2.23. The van der Waals surface area contributed by atoms with Crippen LogP contribution in [0.4, 0.5) is 5.69 Å². The van der Waals surface area contributed by atoms with Gasteiger partial charge in [0.2, 0.25) is 0 Å². The van der Waals surface area contributed by atoms with Crippen molar-refractivity contribution < 1.29 is 0 Å². The zero-order valence-corrected chi connectivity index (χ0v) is 9.87. The summed E-state index contributed by atoms with van der Waals surface area (Å²) in [5.41, 5.74) is 7.54. The molecule has 0 spiro atoms. The van der Waals surface area contributed by atoms with Gasteiger partial charge in [-0.1, -0.05) is 37.2 Å². The van der Waals surface area contributed by atoms with Gasteiger partial charge < -0.3 is 5.73 Å². The number of hydrogen-bond donors (Lipinski definition) is 1. The topological polar surface area (TPSA) is 49.8 Å². The number of anilines is 1. The van der Waals surface area contributed by atoms with Crippen molar-refractivity contribution in [2.45, 2.75) is 32.1 Å². The molecule has 0 unspecified atom stereocenters. The number of hydrogen-bond acceptors (Lipinski definition) is 2. The highest BCUT2D eigenvalue weighted by molar-refractivity contribution is 5.62. The highest BCUT2D eigenvalue weighted by Crippen LogP contribution is 2.23. The normalized spacial score (nSPS) is 15.7. The molecule has 2 heteroatoms. The zero-order chi connectivity index (χ0) is 12.1. The minimum absolute atomic E-state index is 0.497. The molecular weight excluding hydrogens is 208 g/mol. The van der Waals surface area contributed by atoms with Crippen molar-refractivity contribution in [2.75, 3.05) is 5.73 Å². The summed E-state index contributed by atoms with van der Waals surface area (Å²) >= 11 is 0. The molecule has 2 rings (SSSR count). The molecule has 0 heterocycles. The number of nitrogens with two attached hydrogens (primary N) is 1. The molecule has 86 valence electrons. The molecule has 1 aromatic carbocycles. The van der Waals surface area contributed by atoms with E-state index in [1.54, 1.807) is 6.07 Å². The van der Waals surface area contributed by atoms with E-state index in [1.807, 2.05) is 12.1 Å². The molecule has 0 amide bonds. The summed E-state index contributed by atoms with van der Waals surface area (Å²) in [6.07, 6.45) is 6.27. The molecule has 1 fully saturated rings. The summed E-state index contributed by atoms with van der Waals surface area (Å²) in [6, 6.07) is 7.58. The van der Waals surface area contributed by atoms with Gasteiger partial charge in [0.05, 0.1) is 11.3 Å². The molecule has 1 aliphatic rings. The highest BCUT2D eigenvalue weighted by Gasteiger charge is 2.10. The van der Waals surface area contributed by atoms with Crippen LogP contribution in [-0.2, 0) is 0 Å². The summed E-state index contributed by atoms with van der Waals surface area (Å²) in [6.45, 7) is 0. The standard InChI is InChI=1S/C15H16N2/c16-11-14-13(7-4-8-15(14)17)10-9-12-5-2-1-3-6-12/h4,7-8,12H,1-3,5-6,17H2. The Morgan fingerprint density at radius 3 is 2.65 bits per heavy atom. The predicted octanol–water partition coefficient (Wildman–Crippen LogP) is 3.07. The largest absolute Gasteiger partial charge is 0.398 e. The fourth-order valence-electron chi connectivity index (χ4n) is 2.23. The SMILES string of the molecule is N#Cc1c(N)cccc1C#CC1CCCCC1. The van der Waals surface area contributed by atoms with E-state index in [0.29, 0.717) is 17.2 Å². The molecule has 0 bridgehead atoms. The van der Waals surface area contributed by atoms with Crippen LogP contribution in [0.1, 0.15) is 43.2 Å². The Balaban J connectivity index is 2.21. The van der Waals surface area contributed by atoms with Gasteiger partial charge in [0.25, 0.3) is 0 Å². The lowest BCUT2D eigenvalue weighted by Crippen LogP contribution is -2.03. The lowest BCUT2D eigenvalue weighted by atomic mass is 9.89. The van der Waals surface area contributed by atoms with Crippen LogP contribution in [0.2, 0.25) is 0 Å². The van der Waals surface area contributed by atoms with Gasteiger partial charge >= 0.3 is 0 Å². The van der Waals surface area contributed by atoms with Crippen LogP contribution >= 0.6 is 0 Å². The molecule has 0 saturated heterocycles. The van der Waals surface area contributed by atoms with Crippen LogP contribution in [0.3, 0.4) is 0 Å². The summed E-state index contributed by atoms with van der Waals surface area (Å²) < 4.78 is 0. The van der Waals surface area contributed by atoms with Gasteiger partial charge in [-0.05, 0) is 25.0 Å². The second-order valence-electron chi connectivity index (χ2n) is 4.49. The lowest BCUT2D eigenvalue weighted by Gasteiger charge is -2.15. The molecule has 0 atom stereocenters. The summed E-state index contributed by atoms with van der Waals surface area (Å²) in [4.78, 5) is 0. The Hall–Kier alpha value is -1.93. The predicted molar refractivity (Wildman–Crippen MR) is 69.0 cm³/mol. The first-order chi connectivity index (χ1) is 8.31. The second-order valence-corrected chi connectivity index (χ2v) is 4.49. The van der Waals surface area contributed by atoms with Crippen LogP contribution in [0, 0.1) is 29.1 Å². The van der Waals surface area contributed by atoms with Gasteiger partial charge in [-0.3, -0.25) is 0 Å². The van der Waals surface area contributed by atoms with Crippen molar-refractivity contribution in [1.82, 2.24) is 0 Å². The number of nitrogen functional groups attached to an aromatic ring is 1. The van der Waals surface area contributed by atoms with Crippen molar-refractivity contribution in [3.05, 3.63) is 29.3 Å². The molecular formula is C15H16N2. The summed E-state index contributed by atoms with van der Waals surface area (Å²) in [5, 5.41) is 9.04. The van der Waals surface area contributed by atoms with Crippen molar-refractivity contribution in [3.63, 3.8) is 0 Å². The van der Waals surface area contributed by atoms with Crippen molar-refractivity contribution in [2.24, 2.45) is 5.92 Å². The quantitative estimate of drug-likeness (QED) is 0.544. The van der Waals surface area contributed by atoms with Crippen molar-refractivity contribution >= 4 is 5.69 Å². The first kappa shape index (κ1) is 11.6. The molecule has 2 nitrogen and oxygen atoms in total. The van der Waals surface area contributed by atoms with Gasteiger partial charge in [0.1, 0.15) is 6.07 Å². The number of benzene rings is 1. The third-order valence-corrected chi connectivity index (χ3v) is 3.22. The number of rotatable bonds is 0. The monoisotopic (exact) mass is 224 g/mol. The van der Waals surface area contributed by atoms with Gasteiger partial charge in [-0.25, -0.2) is 0 Å². The van der Waals surface area contributed by atoms with Gasteiger partial charge in [0.15, 0.2) is 0 Å². The van der Waals surface area contributed by atoms with Crippen molar-refractivity contribution in [1.29, 1.82) is 5.26 Å². The van der Waals surface area contributed by atoms with Gasteiger partial charge in [-0.2, -0.15) is 5.26 Å². The van der Waals surface area contributed by atoms with Crippen LogP contribution in [0.25, 0.3) is 0 Å². The van der Waals surface area contributed by atoms with Crippen LogP contribution in [0.5, 0.6) is 0 Å². The van der Waals surface area contributed by atoms with Crippen molar-refractivity contribution in [3.8, 4) is 17.9 Å². The molecule has 1 aromatic rings. The lowest BCUT2D eigenvalue weighted by molar-refractivity contribution is 0.430. The Morgan fingerprint density at radius 1 is 1.18 bits per heavy atom. The summed E-state index contributed by atoms with van der Waals surface area (Å²) in [5.74, 6) is 6.90. The summed E-state index contributed by atoms with van der Waals surface area (Å²) in [7, 11) is 0. The Labute approximate surface area is 102 Å². The average molecular weight is 224 g/mol. The Bertz CT molecular complexity index is 494. The Kier molecular flexibility index (Phi) is 3.68. The Morgan fingerprint density at radius 2 is 1.94 bits per heavy atom. The van der Waals surface area contributed by atoms with E-state index < -0.39 is 0 Å². The molecule has 17 heavy (non-hydrogen) atoms. The molecule has 0 aliphatic heterocycles. The van der Waals surface area contributed by atoms with Crippen LogP contribution in [-0.4, -0.2) is 0 Å². The fraction of sp³-hybridized carbons (Fsp3) is 0.400. The van der Waals surface area contributed by atoms with Gasteiger partial charge in [-0.15, -0.1) is 0 Å². The molecule has 2 N–H and O–H groups in total. The number of nitriles is 1. The van der Waals surface area contributed by atoms with E-state index in [0.717, 1.165) is 5.56 Å². The molecule has 1 aliphatic carbocycles. The van der Waals surface area contributed by atoms with Crippen LogP contribution in [0.15, 0.2) is 18.2 Å². The van der Waals surface area contributed by atoms with E-state index in [9.17, 15) is 0 Å². The van der Waals surface area contributed by atoms with E-state index in [-0.39, 0.29) is 0 Å². The molecule has 1 saturated carbocycles. The average Bonchev–Trinajstić information content (AvgIpc) is 2.37. The molecule has 0 aromatic heterocycles. The highest BCUT2D eigenvalue weighted by atomic mass is 14.6. The molecule has 0 radical (unpaired) electrons. The van der Waals surface area contributed by atoms with E-state index in [2.05, 4.69) is 17.9 Å². The van der Waals surface area contributed by atoms with Crippen LogP contribution < -0.4 is 5.73 Å². The first-order valence-electron chi connectivity index (χ1n) is 6.11. The van der Waals surface area contributed by atoms with E-state index >= 15 is 0 Å². The maximum atomic E-state index is 9.04. The zero-order valence-electron chi connectivity index (χ0n) is 9.87. The maximum Gasteiger partial charge on any atom is 0.103 e. The minimum Gasteiger partial charge on any atom is -0.398 e. The maximum absolute atomic E-state index is 9.04. The second kappa shape index (κ2) is 5.41. The first-order valence-corrected chi connectivity index (χ1v) is 6.11. The smallest absolute Gasteiger partial charge is 0.103 e. The minimum atomic E-state index is 0.497. The third-order valence-electron chi connectivity index (χ3n) is 3.22. The third kappa shape index (κ3) is 2.80.